The van der Waals surface area contributed by atoms with E-state index in [1.807, 2.05) is 20.8 Å². The fraction of sp³-hybridized carbons (Fsp3) is 0.636. The van der Waals surface area contributed by atoms with Crippen LogP contribution < -0.4 is 0 Å². The van der Waals surface area contributed by atoms with Gasteiger partial charge in [0.2, 0.25) is 0 Å². The second-order valence-electron chi connectivity index (χ2n) is 2.52. The molecule has 0 saturated carbocycles. The third-order valence-electron chi connectivity index (χ3n) is 1.44. The number of hydrogen-bond acceptors (Lipinski definition) is 1. The van der Waals surface area contributed by atoms with Gasteiger partial charge in [0.05, 0.1) is 0 Å². The smallest absolute Gasteiger partial charge is 0.411 e. The van der Waals surface area contributed by atoms with E-state index in [9.17, 15) is 13.2 Å². The Hall–Kier alpha value is -0.930. The average Bonchev–Trinajstić information content (AvgIpc) is 2.14. The molecule has 0 atom stereocenters. The minimum atomic E-state index is -4.59. The molecule has 0 radical (unpaired) electrons. The zero-order chi connectivity index (χ0) is 12.5. The summed E-state index contributed by atoms with van der Waals surface area (Å²) in [6, 6.07) is 0. The highest BCUT2D eigenvalue weighted by molar-refractivity contribution is 5.19. The molecule has 0 aliphatic carbocycles. The first-order chi connectivity index (χ1) is 6.89. The van der Waals surface area contributed by atoms with Crippen LogP contribution in [0.4, 0.5) is 13.2 Å². The molecule has 1 nitrogen and oxygen atoms in total. The van der Waals surface area contributed by atoms with E-state index in [1.165, 1.54) is 13.0 Å². The zero-order valence-electron chi connectivity index (χ0n) is 9.90. The van der Waals surface area contributed by atoms with Gasteiger partial charge in [-0.15, -0.1) is 13.2 Å². The molecule has 0 heterocycles. The van der Waals surface area contributed by atoms with Gasteiger partial charge in [-0.25, -0.2) is 0 Å². The average molecular weight is 224 g/mol. The maximum absolute atomic E-state index is 11.7. The van der Waals surface area contributed by atoms with Gasteiger partial charge in [0.1, 0.15) is 5.76 Å². The SMILES string of the molecule is C/C=C(\C=C(/C)OC(F)(F)F)CC.CC. The molecule has 0 spiro atoms. The van der Waals surface area contributed by atoms with Gasteiger partial charge < -0.3 is 4.74 Å². The van der Waals surface area contributed by atoms with Gasteiger partial charge in [0.25, 0.3) is 0 Å². The van der Waals surface area contributed by atoms with Crippen LogP contribution in [0.1, 0.15) is 41.0 Å². The summed E-state index contributed by atoms with van der Waals surface area (Å²) in [5.41, 5.74) is 0.821. The molecule has 0 saturated heterocycles. The van der Waals surface area contributed by atoms with Crippen molar-refractivity contribution >= 4 is 0 Å². The van der Waals surface area contributed by atoms with E-state index < -0.39 is 6.36 Å². The minimum absolute atomic E-state index is 0.137. The normalized spacial score (nSPS) is 13.1. The molecule has 0 aliphatic heterocycles. The van der Waals surface area contributed by atoms with Crippen molar-refractivity contribution in [3.8, 4) is 0 Å². The maximum atomic E-state index is 11.7. The van der Waals surface area contributed by atoms with Crippen molar-refractivity contribution < 1.29 is 17.9 Å². The Labute approximate surface area is 89.6 Å². The second-order valence-corrected chi connectivity index (χ2v) is 2.52. The van der Waals surface area contributed by atoms with Gasteiger partial charge in [-0.2, -0.15) is 0 Å². The van der Waals surface area contributed by atoms with E-state index in [0.717, 1.165) is 5.57 Å². The summed E-state index contributed by atoms with van der Waals surface area (Å²) in [6.45, 7) is 8.93. The molecule has 0 fully saturated rings. The number of hydrogen-bond donors (Lipinski definition) is 0. The molecule has 0 rings (SSSR count). The van der Waals surface area contributed by atoms with Crippen molar-refractivity contribution in [3.63, 3.8) is 0 Å². The summed E-state index contributed by atoms with van der Waals surface area (Å²) >= 11 is 0. The highest BCUT2D eigenvalue weighted by Gasteiger charge is 2.30. The predicted molar refractivity (Wildman–Crippen MR) is 56.3 cm³/mol. The third kappa shape index (κ3) is 11.0. The maximum Gasteiger partial charge on any atom is 0.572 e. The molecule has 0 aromatic rings. The largest absolute Gasteiger partial charge is 0.572 e. The van der Waals surface area contributed by atoms with E-state index in [2.05, 4.69) is 4.74 Å². The Balaban J connectivity index is 0. The number of allylic oxidation sites excluding steroid dienone is 4. The summed E-state index contributed by atoms with van der Waals surface area (Å²) < 4.78 is 38.7. The van der Waals surface area contributed by atoms with E-state index in [4.69, 9.17) is 0 Å². The molecule has 0 aromatic heterocycles. The second kappa shape index (κ2) is 8.38. The van der Waals surface area contributed by atoms with E-state index in [0.29, 0.717) is 6.42 Å². The summed E-state index contributed by atoms with van der Waals surface area (Å²) in [4.78, 5) is 0. The van der Waals surface area contributed by atoms with Crippen LogP contribution in [0.5, 0.6) is 0 Å². The molecule has 0 N–H and O–H groups in total. The van der Waals surface area contributed by atoms with Crippen molar-refractivity contribution in [2.45, 2.75) is 47.4 Å². The third-order valence-corrected chi connectivity index (χ3v) is 1.44. The summed E-state index contributed by atoms with van der Waals surface area (Å²) in [5.74, 6) is -0.137. The predicted octanol–water partition coefficient (Wildman–Crippen LogP) is 4.81. The standard InChI is InChI=1S/C9H13F3O.C2H6/c1-4-8(5-2)6-7(3)13-9(10,11)12;1-2/h4,6H,5H2,1-3H3;1-2H3/b7-6+,8-4-;. The molecule has 0 aromatic carbocycles. The van der Waals surface area contributed by atoms with Gasteiger partial charge in [-0.1, -0.05) is 26.8 Å². The van der Waals surface area contributed by atoms with Gasteiger partial charge in [-0.05, 0) is 31.9 Å². The van der Waals surface area contributed by atoms with E-state index >= 15 is 0 Å². The van der Waals surface area contributed by atoms with Crippen molar-refractivity contribution in [1.82, 2.24) is 0 Å². The highest BCUT2D eigenvalue weighted by atomic mass is 19.4. The summed E-state index contributed by atoms with van der Waals surface area (Å²) in [7, 11) is 0. The lowest BCUT2D eigenvalue weighted by Gasteiger charge is -2.09. The number of alkyl halides is 3. The zero-order valence-corrected chi connectivity index (χ0v) is 9.90. The fourth-order valence-corrected chi connectivity index (χ4v) is 0.863. The molecular formula is C11H19F3O. The van der Waals surface area contributed by atoms with Crippen molar-refractivity contribution in [1.29, 1.82) is 0 Å². The van der Waals surface area contributed by atoms with Crippen LogP contribution >= 0.6 is 0 Å². The number of ether oxygens (including phenoxy) is 1. The van der Waals surface area contributed by atoms with Crippen molar-refractivity contribution in [2.75, 3.05) is 0 Å². The van der Waals surface area contributed by atoms with Gasteiger partial charge in [-0.3, -0.25) is 0 Å². The molecule has 0 aliphatic rings. The first kappa shape index (κ1) is 16.5. The molecule has 0 unspecified atom stereocenters. The van der Waals surface area contributed by atoms with Crippen LogP contribution in [0.25, 0.3) is 0 Å². The van der Waals surface area contributed by atoms with Crippen LogP contribution in [-0.2, 0) is 4.74 Å². The Morgan fingerprint density at radius 2 is 1.73 bits per heavy atom. The van der Waals surface area contributed by atoms with Crippen molar-refractivity contribution in [3.05, 3.63) is 23.5 Å². The van der Waals surface area contributed by atoms with Crippen LogP contribution in [0, 0.1) is 0 Å². The van der Waals surface area contributed by atoms with E-state index in [1.54, 1.807) is 13.0 Å². The first-order valence-corrected chi connectivity index (χ1v) is 4.98. The number of rotatable bonds is 3. The summed E-state index contributed by atoms with van der Waals surface area (Å²) in [5, 5.41) is 0. The van der Waals surface area contributed by atoms with Gasteiger partial charge in [0, 0.05) is 0 Å². The van der Waals surface area contributed by atoms with Crippen LogP contribution in [-0.4, -0.2) is 6.36 Å². The molecule has 0 bridgehead atoms. The Morgan fingerprint density at radius 1 is 1.27 bits per heavy atom. The lowest BCUT2D eigenvalue weighted by atomic mass is 10.2. The lowest BCUT2D eigenvalue weighted by Crippen LogP contribution is -2.11. The Kier molecular flexibility index (Phi) is 9.22. The number of halogens is 3. The Morgan fingerprint density at radius 3 is 2.00 bits per heavy atom. The molecular weight excluding hydrogens is 205 g/mol. The van der Waals surface area contributed by atoms with E-state index in [-0.39, 0.29) is 5.76 Å². The van der Waals surface area contributed by atoms with Crippen LogP contribution in [0.3, 0.4) is 0 Å². The van der Waals surface area contributed by atoms with Crippen molar-refractivity contribution in [2.24, 2.45) is 0 Å². The molecule has 15 heavy (non-hydrogen) atoms. The van der Waals surface area contributed by atoms with Crippen LogP contribution in [0.15, 0.2) is 23.5 Å². The Bertz CT molecular complexity index is 214. The molecule has 4 heteroatoms. The quantitative estimate of drug-likeness (QED) is 0.493. The molecule has 90 valence electrons. The van der Waals surface area contributed by atoms with Crippen LogP contribution in [0.2, 0.25) is 0 Å². The molecule has 0 amide bonds. The lowest BCUT2D eigenvalue weighted by molar-refractivity contribution is -0.305. The topological polar surface area (TPSA) is 9.23 Å². The minimum Gasteiger partial charge on any atom is -0.411 e. The summed E-state index contributed by atoms with van der Waals surface area (Å²) in [6.07, 6.45) is -0.765. The highest BCUT2D eigenvalue weighted by Crippen LogP contribution is 2.21. The van der Waals surface area contributed by atoms with Gasteiger partial charge >= 0.3 is 6.36 Å². The first-order valence-electron chi connectivity index (χ1n) is 4.98. The fourth-order valence-electron chi connectivity index (χ4n) is 0.863. The van der Waals surface area contributed by atoms with Gasteiger partial charge in [0.15, 0.2) is 0 Å². The monoisotopic (exact) mass is 224 g/mol.